The monoisotopic (exact) mass is 496 g/mol. The third-order valence-corrected chi connectivity index (χ3v) is 6.08. The number of benzene rings is 1. The molecule has 1 heterocycles. The number of hydrogen-bond acceptors (Lipinski definition) is 6. The average Bonchev–Trinajstić information content (AvgIpc) is 2.84. The van der Waals surface area contributed by atoms with Crippen LogP contribution in [-0.4, -0.2) is 23.4 Å². The molecule has 1 aromatic carbocycles. The van der Waals surface area contributed by atoms with Crippen molar-refractivity contribution in [2.45, 2.75) is 0 Å². The molecule has 0 aliphatic rings. The number of carbonyl (C=O) groups is 2. The summed E-state index contributed by atoms with van der Waals surface area (Å²) in [6.07, 6.45) is 0. The van der Waals surface area contributed by atoms with Crippen molar-refractivity contribution in [1.29, 1.82) is 0 Å². The normalized spacial score (nSPS) is 10.3. The number of anilines is 1. The second kappa shape index (κ2) is 8.06. The molecule has 1 N–H and O–H groups in total. The number of hydrogen-bond donors (Lipinski definition) is 1. The highest BCUT2D eigenvalue weighted by Gasteiger charge is 2.18. The van der Waals surface area contributed by atoms with Gasteiger partial charge in [-0.1, -0.05) is 11.6 Å². The molecule has 126 valence electrons. The van der Waals surface area contributed by atoms with Gasteiger partial charge in [0, 0.05) is 15.6 Å². The fraction of sp³-hybridized carbons (Fsp3) is 0.0769. The van der Waals surface area contributed by atoms with E-state index in [1.165, 1.54) is 18.2 Å². The Kier molecular flexibility index (Phi) is 6.33. The van der Waals surface area contributed by atoms with Gasteiger partial charge in [0.15, 0.2) is 6.61 Å². The first-order valence-electron chi connectivity index (χ1n) is 6.13. The van der Waals surface area contributed by atoms with Crippen LogP contribution in [-0.2, 0) is 9.53 Å². The summed E-state index contributed by atoms with van der Waals surface area (Å²) in [6, 6.07) is 5.30. The van der Waals surface area contributed by atoms with E-state index in [0.29, 0.717) is 13.1 Å². The third kappa shape index (κ3) is 4.76. The van der Waals surface area contributed by atoms with Crippen LogP contribution in [0.15, 0.2) is 32.5 Å². The minimum atomic E-state index is -0.719. The van der Waals surface area contributed by atoms with E-state index >= 15 is 0 Å². The molecule has 0 radical (unpaired) electrons. The lowest BCUT2D eigenvalue weighted by molar-refractivity contribution is -0.383. The second-order valence-corrected chi connectivity index (χ2v) is 7.94. The Balaban J connectivity index is 2.00. The van der Waals surface area contributed by atoms with Crippen LogP contribution in [0.2, 0.25) is 5.02 Å². The molecule has 2 aromatic rings. The molecule has 0 aliphatic carbocycles. The third-order valence-electron chi connectivity index (χ3n) is 2.61. The molecule has 0 saturated carbocycles. The highest BCUT2D eigenvalue weighted by atomic mass is 79.9. The average molecular weight is 499 g/mol. The summed E-state index contributed by atoms with van der Waals surface area (Å²) in [5, 5.41) is 13.4. The van der Waals surface area contributed by atoms with E-state index in [0.717, 1.165) is 11.3 Å². The number of nitro benzene ring substituents is 1. The smallest absolute Gasteiger partial charge is 0.348 e. The quantitative estimate of drug-likeness (QED) is 0.368. The van der Waals surface area contributed by atoms with Crippen LogP contribution in [0.1, 0.15) is 9.67 Å². The Morgan fingerprint density at radius 1 is 1.33 bits per heavy atom. The highest BCUT2D eigenvalue weighted by molar-refractivity contribution is 9.13. The van der Waals surface area contributed by atoms with Gasteiger partial charge in [-0.2, -0.15) is 0 Å². The van der Waals surface area contributed by atoms with Crippen LogP contribution in [0.5, 0.6) is 0 Å². The number of nitro groups is 1. The SMILES string of the molecule is O=C(COC(=O)c1cc(Br)c(Br)s1)Nc1cc(Cl)ccc1[N+](=O)[O-]. The molecule has 2 rings (SSSR count). The van der Waals surface area contributed by atoms with Crippen molar-refractivity contribution in [3.8, 4) is 0 Å². The van der Waals surface area contributed by atoms with Crippen LogP contribution < -0.4 is 5.32 Å². The fourth-order valence-electron chi connectivity index (χ4n) is 1.60. The van der Waals surface area contributed by atoms with Crippen molar-refractivity contribution in [1.82, 2.24) is 0 Å². The van der Waals surface area contributed by atoms with Gasteiger partial charge < -0.3 is 10.1 Å². The van der Waals surface area contributed by atoms with Gasteiger partial charge in [0.25, 0.3) is 11.6 Å². The molecule has 24 heavy (non-hydrogen) atoms. The Morgan fingerprint density at radius 2 is 2.04 bits per heavy atom. The molecule has 0 atom stereocenters. The molecule has 0 bridgehead atoms. The van der Waals surface area contributed by atoms with Crippen molar-refractivity contribution in [2.75, 3.05) is 11.9 Å². The zero-order valence-corrected chi connectivity index (χ0v) is 16.3. The highest BCUT2D eigenvalue weighted by Crippen LogP contribution is 2.32. The van der Waals surface area contributed by atoms with Gasteiger partial charge >= 0.3 is 5.97 Å². The lowest BCUT2D eigenvalue weighted by atomic mass is 10.2. The first-order chi connectivity index (χ1) is 11.3. The second-order valence-electron chi connectivity index (χ2n) is 4.28. The molecule has 0 unspecified atom stereocenters. The van der Waals surface area contributed by atoms with Crippen LogP contribution in [0, 0.1) is 10.1 Å². The van der Waals surface area contributed by atoms with Crippen molar-refractivity contribution >= 4 is 78.0 Å². The zero-order valence-electron chi connectivity index (χ0n) is 11.5. The molecule has 0 fully saturated rings. The maximum absolute atomic E-state index is 11.8. The molecule has 1 amide bonds. The maximum Gasteiger partial charge on any atom is 0.348 e. The first-order valence-corrected chi connectivity index (χ1v) is 8.91. The van der Waals surface area contributed by atoms with Crippen LogP contribution in [0.3, 0.4) is 0 Å². The summed E-state index contributed by atoms with van der Waals surface area (Å²) < 4.78 is 6.29. The number of rotatable bonds is 5. The fourth-order valence-corrected chi connectivity index (χ4v) is 3.70. The number of nitrogens with one attached hydrogen (secondary N) is 1. The Bertz CT molecular complexity index is 807. The lowest BCUT2D eigenvalue weighted by Crippen LogP contribution is -2.21. The predicted molar refractivity (Wildman–Crippen MR) is 96.7 cm³/mol. The topological polar surface area (TPSA) is 98.5 Å². The zero-order chi connectivity index (χ0) is 17.9. The van der Waals surface area contributed by atoms with Gasteiger partial charge in [-0.15, -0.1) is 11.3 Å². The maximum atomic E-state index is 11.8. The van der Waals surface area contributed by atoms with Crippen LogP contribution >= 0.6 is 54.8 Å². The van der Waals surface area contributed by atoms with Crippen molar-refractivity contribution in [3.63, 3.8) is 0 Å². The van der Waals surface area contributed by atoms with Crippen LogP contribution in [0.25, 0.3) is 0 Å². The standard InChI is InChI=1S/C13H7Br2ClN2O5S/c14-7-4-10(24-12(7)15)13(20)23-5-11(19)17-8-3-6(16)1-2-9(8)18(21)22/h1-4H,5H2,(H,17,19). The summed E-state index contributed by atoms with van der Waals surface area (Å²) >= 11 is 13.4. The number of halogens is 3. The van der Waals surface area contributed by atoms with Crippen molar-refractivity contribution < 1.29 is 19.2 Å². The van der Waals surface area contributed by atoms with Crippen LogP contribution in [0.4, 0.5) is 11.4 Å². The molecule has 0 spiro atoms. The summed E-state index contributed by atoms with van der Waals surface area (Å²) in [4.78, 5) is 34.2. The van der Waals surface area contributed by atoms with Gasteiger partial charge in [0.2, 0.25) is 0 Å². The molecular weight excluding hydrogens is 491 g/mol. The summed E-state index contributed by atoms with van der Waals surface area (Å²) in [7, 11) is 0. The molecule has 0 aliphatic heterocycles. The molecule has 11 heteroatoms. The number of carbonyl (C=O) groups excluding carboxylic acids is 2. The van der Waals surface area contributed by atoms with Gasteiger partial charge in [-0.05, 0) is 50.1 Å². The van der Waals surface area contributed by atoms with Gasteiger partial charge in [0.05, 0.1) is 8.71 Å². The van der Waals surface area contributed by atoms with Gasteiger partial charge in [-0.3, -0.25) is 14.9 Å². The summed E-state index contributed by atoms with van der Waals surface area (Å²) in [5.74, 6) is -1.40. The minimum absolute atomic E-state index is 0.0739. The number of amides is 1. The Hall–Kier alpha value is -1.49. The molecule has 0 saturated heterocycles. The van der Waals surface area contributed by atoms with E-state index in [9.17, 15) is 19.7 Å². The molecular formula is C13H7Br2ClN2O5S. The number of esters is 1. The number of thiophene rings is 1. The van der Waals surface area contributed by atoms with E-state index in [2.05, 4.69) is 37.2 Å². The van der Waals surface area contributed by atoms with E-state index in [1.807, 2.05) is 0 Å². The predicted octanol–water partition coefficient (Wildman–Crippen LogP) is 4.63. The summed E-state index contributed by atoms with van der Waals surface area (Å²) in [5.41, 5.74) is -0.389. The Morgan fingerprint density at radius 3 is 2.62 bits per heavy atom. The van der Waals surface area contributed by atoms with Gasteiger partial charge in [-0.25, -0.2) is 4.79 Å². The van der Waals surface area contributed by atoms with Crippen molar-refractivity contribution in [3.05, 3.63) is 52.5 Å². The molecule has 1 aromatic heterocycles. The van der Waals surface area contributed by atoms with E-state index < -0.39 is 23.4 Å². The first kappa shape index (κ1) is 18.8. The number of nitrogens with zero attached hydrogens (tertiary/aromatic N) is 1. The van der Waals surface area contributed by atoms with E-state index in [-0.39, 0.29) is 16.4 Å². The largest absolute Gasteiger partial charge is 0.451 e. The van der Waals surface area contributed by atoms with E-state index in [4.69, 9.17) is 16.3 Å². The minimum Gasteiger partial charge on any atom is -0.451 e. The summed E-state index contributed by atoms with van der Waals surface area (Å²) in [6.45, 7) is -0.588. The van der Waals surface area contributed by atoms with Gasteiger partial charge in [0.1, 0.15) is 10.6 Å². The Labute approximate surface area is 161 Å². The van der Waals surface area contributed by atoms with E-state index in [1.54, 1.807) is 6.07 Å². The number of ether oxygens (including phenoxy) is 1. The lowest BCUT2D eigenvalue weighted by Gasteiger charge is -2.07. The molecule has 7 nitrogen and oxygen atoms in total. The van der Waals surface area contributed by atoms with Crippen molar-refractivity contribution in [2.24, 2.45) is 0 Å².